The minimum absolute atomic E-state index is 0.238. The van der Waals surface area contributed by atoms with Crippen LogP contribution in [0.4, 0.5) is 5.69 Å². The van der Waals surface area contributed by atoms with Crippen LogP contribution in [0.2, 0.25) is 0 Å². The van der Waals surface area contributed by atoms with E-state index >= 15 is 0 Å². The Morgan fingerprint density at radius 2 is 1.67 bits per heavy atom. The summed E-state index contributed by atoms with van der Waals surface area (Å²) in [5.41, 5.74) is 4.86. The number of carboxylic acid groups (broad SMARTS) is 1. The van der Waals surface area contributed by atoms with Gasteiger partial charge >= 0.3 is 5.97 Å². The molecule has 0 aliphatic rings. The Morgan fingerprint density at radius 3 is 2.33 bits per heavy atom. The molecule has 0 aliphatic heterocycles. The van der Waals surface area contributed by atoms with E-state index in [0.29, 0.717) is 36.8 Å². The number of carboxylic acids is 1. The molecule has 202 valence electrons. The van der Waals surface area contributed by atoms with Crippen molar-refractivity contribution in [2.45, 2.75) is 43.4 Å². The fraction of sp³-hybridized carbons (Fsp3) is 0.258. The third kappa shape index (κ3) is 6.77. The number of imidazole rings is 1. The molecule has 1 amide bonds. The number of ether oxygens (including phenoxy) is 1. The number of benzene rings is 3. The molecule has 8 heteroatoms. The number of thioether (sulfide) groups is 1. The number of carbonyl (C=O) groups excluding carboxylic acids is 1. The molecule has 0 saturated carbocycles. The van der Waals surface area contributed by atoms with E-state index in [4.69, 9.17) is 9.72 Å². The first-order valence-electron chi connectivity index (χ1n) is 12.7. The number of nitrogens with zero attached hydrogens (tertiary/aromatic N) is 2. The number of aliphatic carboxylic acids is 1. The van der Waals surface area contributed by atoms with Gasteiger partial charge in [-0.25, -0.2) is 4.98 Å². The number of rotatable bonds is 11. The van der Waals surface area contributed by atoms with Crippen LogP contribution in [-0.4, -0.2) is 45.0 Å². The average Bonchev–Trinajstić information content (AvgIpc) is 3.25. The smallest absolute Gasteiger partial charge is 0.319 e. The molecule has 0 fully saturated rings. The number of anilines is 1. The van der Waals surface area contributed by atoms with Crippen LogP contribution in [0, 0.1) is 6.92 Å². The zero-order valence-electron chi connectivity index (χ0n) is 22.6. The summed E-state index contributed by atoms with van der Waals surface area (Å²) in [5.74, 6) is -0.456. The normalized spacial score (nSPS) is 11.4. The minimum atomic E-state index is -0.947. The molecule has 7 nitrogen and oxygen atoms in total. The predicted molar refractivity (Wildman–Crippen MR) is 155 cm³/mol. The molecule has 4 rings (SSSR count). The van der Waals surface area contributed by atoms with Gasteiger partial charge in [0.1, 0.15) is 16.3 Å². The molecule has 0 spiro atoms. The van der Waals surface area contributed by atoms with Gasteiger partial charge in [-0.05, 0) is 56.5 Å². The third-order valence-corrected chi connectivity index (χ3v) is 7.57. The summed E-state index contributed by atoms with van der Waals surface area (Å²) in [6.45, 7) is 6.05. The lowest BCUT2D eigenvalue weighted by molar-refractivity contribution is -0.138. The number of para-hydroxylation sites is 1. The zero-order chi connectivity index (χ0) is 28.0. The number of aryl methyl sites for hydroxylation is 1. The first-order chi connectivity index (χ1) is 18.7. The third-order valence-electron chi connectivity index (χ3n) is 6.38. The van der Waals surface area contributed by atoms with E-state index in [9.17, 15) is 14.7 Å². The maximum absolute atomic E-state index is 13.7. The highest BCUT2D eigenvalue weighted by molar-refractivity contribution is 8.01. The number of carbonyl (C=O) groups is 2. The molecule has 0 aliphatic carbocycles. The van der Waals surface area contributed by atoms with Gasteiger partial charge in [-0.1, -0.05) is 60.7 Å². The minimum Gasteiger partial charge on any atom is -0.480 e. The van der Waals surface area contributed by atoms with Crippen molar-refractivity contribution in [3.8, 4) is 11.4 Å². The van der Waals surface area contributed by atoms with Crippen molar-refractivity contribution in [1.82, 2.24) is 9.55 Å². The molecule has 0 atom stereocenters. The summed E-state index contributed by atoms with van der Waals surface area (Å²) >= 11 is 1.28. The van der Waals surface area contributed by atoms with Crippen LogP contribution in [0.25, 0.3) is 11.4 Å². The lowest BCUT2D eigenvalue weighted by atomic mass is 10.0. The number of nitrogens with one attached hydrogen (secondary N) is 1. The van der Waals surface area contributed by atoms with Gasteiger partial charge < -0.3 is 19.7 Å². The largest absolute Gasteiger partial charge is 0.480 e. The summed E-state index contributed by atoms with van der Waals surface area (Å²) in [6.07, 6.45) is 0.702. The van der Waals surface area contributed by atoms with E-state index in [0.717, 1.165) is 27.3 Å². The summed E-state index contributed by atoms with van der Waals surface area (Å²) in [7, 11) is 1.62. The van der Waals surface area contributed by atoms with Crippen LogP contribution in [0.5, 0.6) is 0 Å². The Hall–Kier alpha value is -3.88. The van der Waals surface area contributed by atoms with Crippen molar-refractivity contribution >= 4 is 29.3 Å². The molecule has 39 heavy (non-hydrogen) atoms. The fourth-order valence-electron chi connectivity index (χ4n) is 4.28. The van der Waals surface area contributed by atoms with E-state index in [1.54, 1.807) is 21.0 Å². The quantitative estimate of drug-likeness (QED) is 0.216. The van der Waals surface area contributed by atoms with Crippen LogP contribution in [0.15, 0.2) is 83.8 Å². The van der Waals surface area contributed by atoms with Crippen LogP contribution < -0.4 is 5.32 Å². The van der Waals surface area contributed by atoms with Gasteiger partial charge in [0.2, 0.25) is 0 Å². The number of hydrogen-bond acceptors (Lipinski definition) is 5. The van der Waals surface area contributed by atoms with Crippen LogP contribution >= 0.6 is 11.8 Å². The SMILES string of the molecule is COCCn1c(-c2ccc(SC(C)(C)C(=O)O)cc2)nc(C)c1C(=O)Nc1ccccc1Cc1ccccc1. The maximum Gasteiger partial charge on any atom is 0.319 e. The van der Waals surface area contributed by atoms with Gasteiger partial charge in [-0.2, -0.15) is 0 Å². The van der Waals surface area contributed by atoms with Gasteiger partial charge in [0, 0.05) is 29.8 Å². The number of hydrogen-bond donors (Lipinski definition) is 2. The van der Waals surface area contributed by atoms with Gasteiger partial charge in [0.25, 0.3) is 5.91 Å². The highest BCUT2D eigenvalue weighted by atomic mass is 32.2. The van der Waals surface area contributed by atoms with Crippen molar-refractivity contribution in [3.05, 3.63) is 101 Å². The Labute approximate surface area is 233 Å². The monoisotopic (exact) mass is 543 g/mol. The molecule has 3 aromatic carbocycles. The van der Waals surface area contributed by atoms with Crippen molar-refractivity contribution < 1.29 is 19.4 Å². The average molecular weight is 544 g/mol. The van der Waals surface area contributed by atoms with E-state index < -0.39 is 10.7 Å². The predicted octanol–water partition coefficient (Wildman–Crippen LogP) is 6.30. The number of amides is 1. The van der Waals surface area contributed by atoms with E-state index in [1.807, 2.05) is 78.2 Å². The van der Waals surface area contributed by atoms with Crippen molar-refractivity contribution in [2.75, 3.05) is 19.0 Å². The second kappa shape index (κ2) is 12.3. The Morgan fingerprint density at radius 1 is 1.00 bits per heavy atom. The van der Waals surface area contributed by atoms with Crippen LogP contribution in [-0.2, 0) is 22.5 Å². The first kappa shape index (κ1) is 28.1. The number of methoxy groups -OCH3 is 1. The van der Waals surface area contributed by atoms with Gasteiger partial charge in [-0.3, -0.25) is 9.59 Å². The second-order valence-corrected chi connectivity index (χ2v) is 11.4. The van der Waals surface area contributed by atoms with E-state index in [2.05, 4.69) is 17.4 Å². The molecule has 2 N–H and O–H groups in total. The van der Waals surface area contributed by atoms with Crippen LogP contribution in [0.1, 0.15) is 41.2 Å². The van der Waals surface area contributed by atoms with Crippen molar-refractivity contribution in [2.24, 2.45) is 0 Å². The highest BCUT2D eigenvalue weighted by Gasteiger charge is 2.28. The lowest BCUT2D eigenvalue weighted by Crippen LogP contribution is -2.26. The summed E-state index contributed by atoms with van der Waals surface area (Å²) in [5, 5.41) is 12.6. The molecule has 0 bridgehead atoms. The van der Waals surface area contributed by atoms with Crippen LogP contribution in [0.3, 0.4) is 0 Å². The number of aromatic nitrogens is 2. The van der Waals surface area contributed by atoms with E-state index in [1.165, 1.54) is 11.8 Å². The summed E-state index contributed by atoms with van der Waals surface area (Å²) in [6, 6.07) is 25.5. The highest BCUT2D eigenvalue weighted by Crippen LogP contribution is 2.34. The summed E-state index contributed by atoms with van der Waals surface area (Å²) in [4.78, 5) is 30.8. The van der Waals surface area contributed by atoms with Crippen molar-refractivity contribution in [3.63, 3.8) is 0 Å². The topological polar surface area (TPSA) is 93.4 Å². The first-order valence-corrected chi connectivity index (χ1v) is 13.5. The Kier molecular flexibility index (Phi) is 8.89. The fourth-order valence-corrected chi connectivity index (χ4v) is 5.23. The van der Waals surface area contributed by atoms with Gasteiger partial charge in [0.15, 0.2) is 0 Å². The molecular weight excluding hydrogens is 510 g/mol. The standard InChI is InChI=1S/C31H33N3O4S/c1-21-27(29(35)33-26-13-9-8-12-24(26)20-22-10-6-5-7-11-22)34(18-19-38-4)28(32-21)23-14-16-25(17-15-23)39-31(2,3)30(36)37/h5-17H,18-20H2,1-4H3,(H,33,35)(H,36,37). The maximum atomic E-state index is 13.7. The van der Waals surface area contributed by atoms with Crippen molar-refractivity contribution in [1.29, 1.82) is 0 Å². The van der Waals surface area contributed by atoms with Gasteiger partial charge in [0.05, 0.1) is 12.3 Å². The van der Waals surface area contributed by atoms with Gasteiger partial charge in [-0.15, -0.1) is 11.8 Å². The Balaban J connectivity index is 1.63. The molecule has 4 aromatic rings. The molecule has 1 heterocycles. The molecule has 0 saturated heterocycles. The molecule has 0 radical (unpaired) electrons. The van der Waals surface area contributed by atoms with E-state index in [-0.39, 0.29) is 5.91 Å². The second-order valence-electron chi connectivity index (χ2n) is 9.73. The Bertz CT molecular complexity index is 1450. The lowest BCUT2D eigenvalue weighted by Gasteiger charge is -2.18. The zero-order valence-corrected chi connectivity index (χ0v) is 23.4. The summed E-state index contributed by atoms with van der Waals surface area (Å²) < 4.78 is 6.28. The molecular formula is C31H33N3O4S. The molecule has 1 aromatic heterocycles. The molecule has 0 unspecified atom stereocenters.